The first-order chi connectivity index (χ1) is 14.8. The van der Waals surface area contributed by atoms with Gasteiger partial charge in [0.1, 0.15) is 17.5 Å². The lowest BCUT2D eigenvalue weighted by atomic mass is 10.1. The maximum Gasteiger partial charge on any atom is 0.242 e. The molecule has 0 aliphatic rings. The number of nitrogens with one attached hydrogen (secondary N) is 1. The predicted molar refractivity (Wildman–Crippen MR) is 122 cm³/mol. The molecule has 1 N–H and O–H groups in total. The molecule has 1 atom stereocenters. The summed E-state index contributed by atoms with van der Waals surface area (Å²) >= 11 is 0. The van der Waals surface area contributed by atoms with Gasteiger partial charge in [-0.25, -0.2) is 0 Å². The number of hydrogen-bond acceptors (Lipinski definition) is 4. The monoisotopic (exact) mass is 426 g/mol. The van der Waals surface area contributed by atoms with Crippen molar-refractivity contribution in [2.24, 2.45) is 0 Å². The Kier molecular flexibility index (Phi) is 9.38. The highest BCUT2D eigenvalue weighted by molar-refractivity contribution is 5.87. The Morgan fingerprint density at radius 3 is 2.16 bits per heavy atom. The molecule has 168 valence electrons. The van der Waals surface area contributed by atoms with Crippen LogP contribution in [0, 0.1) is 6.92 Å². The highest BCUT2D eigenvalue weighted by Gasteiger charge is 2.26. The van der Waals surface area contributed by atoms with Crippen molar-refractivity contribution in [3.8, 4) is 11.5 Å². The van der Waals surface area contributed by atoms with E-state index in [0.29, 0.717) is 26.0 Å². The molecule has 0 bridgehead atoms. The van der Waals surface area contributed by atoms with Crippen molar-refractivity contribution in [1.82, 2.24) is 10.2 Å². The molecule has 0 aliphatic heterocycles. The van der Waals surface area contributed by atoms with Gasteiger partial charge in [0.2, 0.25) is 11.8 Å². The van der Waals surface area contributed by atoms with Crippen LogP contribution in [-0.2, 0) is 16.1 Å². The third-order valence-electron chi connectivity index (χ3n) is 4.93. The van der Waals surface area contributed by atoms with E-state index in [0.717, 1.165) is 22.6 Å². The summed E-state index contributed by atoms with van der Waals surface area (Å²) in [6, 6.07) is 14.8. The molecule has 6 nitrogen and oxygen atoms in total. The Morgan fingerprint density at radius 1 is 0.968 bits per heavy atom. The molecule has 0 saturated carbocycles. The molecule has 2 aromatic rings. The minimum absolute atomic E-state index is 0.0178. The SMILES string of the molecule is COc1ccc(OCCCC(=O)N(Cc2ccc(C)cc2)C(C)C(=O)NC(C)C)cc1. The van der Waals surface area contributed by atoms with Crippen LogP contribution in [0.4, 0.5) is 0 Å². The maximum atomic E-state index is 13.0. The van der Waals surface area contributed by atoms with Gasteiger partial charge in [-0.2, -0.15) is 0 Å². The number of carbonyl (C=O) groups excluding carboxylic acids is 2. The Labute approximate surface area is 185 Å². The van der Waals surface area contributed by atoms with Gasteiger partial charge in [0.05, 0.1) is 13.7 Å². The number of nitrogens with zero attached hydrogens (tertiary/aromatic N) is 1. The number of carbonyl (C=O) groups is 2. The number of amides is 2. The van der Waals surface area contributed by atoms with E-state index in [1.165, 1.54) is 0 Å². The van der Waals surface area contributed by atoms with E-state index in [2.05, 4.69) is 5.32 Å². The number of benzene rings is 2. The van der Waals surface area contributed by atoms with Crippen LogP contribution in [0.15, 0.2) is 48.5 Å². The fourth-order valence-corrected chi connectivity index (χ4v) is 3.11. The molecule has 2 rings (SSSR count). The summed E-state index contributed by atoms with van der Waals surface area (Å²) in [7, 11) is 1.62. The fourth-order valence-electron chi connectivity index (χ4n) is 3.11. The highest BCUT2D eigenvalue weighted by Crippen LogP contribution is 2.18. The van der Waals surface area contributed by atoms with Crippen molar-refractivity contribution in [2.75, 3.05) is 13.7 Å². The first-order valence-corrected chi connectivity index (χ1v) is 10.7. The molecular formula is C25H34N2O4. The quantitative estimate of drug-likeness (QED) is 0.549. The topological polar surface area (TPSA) is 67.9 Å². The van der Waals surface area contributed by atoms with E-state index in [-0.39, 0.29) is 17.9 Å². The van der Waals surface area contributed by atoms with Gasteiger partial charge in [-0.15, -0.1) is 0 Å². The Hall–Kier alpha value is -3.02. The Morgan fingerprint density at radius 2 is 1.58 bits per heavy atom. The minimum atomic E-state index is -0.557. The Bertz CT molecular complexity index is 832. The third kappa shape index (κ3) is 7.96. The minimum Gasteiger partial charge on any atom is -0.497 e. The lowest BCUT2D eigenvalue weighted by Gasteiger charge is -2.29. The second kappa shape index (κ2) is 12.0. The molecule has 0 saturated heterocycles. The van der Waals surface area contributed by atoms with E-state index in [1.54, 1.807) is 18.9 Å². The molecule has 2 aromatic carbocycles. The standard InChI is InChI=1S/C25H34N2O4/c1-18(2)26-25(29)20(4)27(17-21-10-8-19(3)9-11-21)24(28)7-6-16-31-23-14-12-22(30-5)13-15-23/h8-15,18,20H,6-7,16-17H2,1-5H3,(H,26,29). The lowest BCUT2D eigenvalue weighted by molar-refractivity contribution is -0.141. The van der Waals surface area contributed by atoms with Crippen LogP contribution in [0.25, 0.3) is 0 Å². The molecule has 2 amide bonds. The molecular weight excluding hydrogens is 392 g/mol. The van der Waals surface area contributed by atoms with Gasteiger partial charge in [0, 0.05) is 19.0 Å². The van der Waals surface area contributed by atoms with Crippen molar-refractivity contribution < 1.29 is 19.1 Å². The Balaban J connectivity index is 1.97. The summed E-state index contributed by atoms with van der Waals surface area (Å²) < 4.78 is 10.9. The van der Waals surface area contributed by atoms with Crippen molar-refractivity contribution in [1.29, 1.82) is 0 Å². The van der Waals surface area contributed by atoms with Gasteiger partial charge in [-0.1, -0.05) is 29.8 Å². The molecule has 0 heterocycles. The molecule has 6 heteroatoms. The summed E-state index contributed by atoms with van der Waals surface area (Å²) in [6.45, 7) is 8.43. The van der Waals surface area contributed by atoms with Crippen LogP contribution >= 0.6 is 0 Å². The third-order valence-corrected chi connectivity index (χ3v) is 4.93. The van der Waals surface area contributed by atoms with E-state index in [4.69, 9.17) is 9.47 Å². The van der Waals surface area contributed by atoms with Gasteiger partial charge in [-0.05, 0) is 63.9 Å². The van der Waals surface area contributed by atoms with Crippen LogP contribution in [-0.4, -0.2) is 42.5 Å². The lowest BCUT2D eigenvalue weighted by Crippen LogP contribution is -2.49. The highest BCUT2D eigenvalue weighted by atomic mass is 16.5. The molecule has 0 radical (unpaired) electrons. The summed E-state index contributed by atoms with van der Waals surface area (Å²) in [5.74, 6) is 1.28. The number of ether oxygens (including phenoxy) is 2. The average Bonchev–Trinajstić information content (AvgIpc) is 2.75. The number of rotatable bonds is 11. The normalized spacial score (nSPS) is 11.7. The van der Waals surface area contributed by atoms with Crippen molar-refractivity contribution in [3.63, 3.8) is 0 Å². The molecule has 0 spiro atoms. The van der Waals surface area contributed by atoms with Crippen LogP contribution in [0.5, 0.6) is 11.5 Å². The van der Waals surface area contributed by atoms with Gasteiger partial charge in [-0.3, -0.25) is 9.59 Å². The zero-order chi connectivity index (χ0) is 22.8. The molecule has 0 aromatic heterocycles. The largest absolute Gasteiger partial charge is 0.497 e. The second-order valence-electron chi connectivity index (χ2n) is 7.97. The van der Waals surface area contributed by atoms with E-state index in [9.17, 15) is 9.59 Å². The number of methoxy groups -OCH3 is 1. The van der Waals surface area contributed by atoms with E-state index >= 15 is 0 Å². The molecule has 0 aliphatic carbocycles. The van der Waals surface area contributed by atoms with Crippen molar-refractivity contribution in [3.05, 3.63) is 59.7 Å². The van der Waals surface area contributed by atoms with E-state index in [1.807, 2.05) is 69.3 Å². The fraction of sp³-hybridized carbons (Fsp3) is 0.440. The summed E-state index contributed by atoms with van der Waals surface area (Å²) in [5, 5.41) is 2.90. The van der Waals surface area contributed by atoms with Crippen LogP contribution in [0.1, 0.15) is 44.7 Å². The first kappa shape index (κ1) is 24.3. The maximum absolute atomic E-state index is 13.0. The van der Waals surface area contributed by atoms with Gasteiger partial charge in [0.25, 0.3) is 0 Å². The molecule has 31 heavy (non-hydrogen) atoms. The van der Waals surface area contributed by atoms with Crippen LogP contribution in [0.2, 0.25) is 0 Å². The molecule has 1 unspecified atom stereocenters. The first-order valence-electron chi connectivity index (χ1n) is 10.7. The summed E-state index contributed by atoms with van der Waals surface area (Å²) in [4.78, 5) is 27.2. The van der Waals surface area contributed by atoms with Crippen molar-refractivity contribution in [2.45, 2.75) is 59.2 Å². The summed E-state index contributed by atoms with van der Waals surface area (Å²) in [5.41, 5.74) is 2.15. The van der Waals surface area contributed by atoms with Gasteiger partial charge < -0.3 is 19.7 Å². The molecule has 0 fully saturated rings. The second-order valence-corrected chi connectivity index (χ2v) is 7.97. The number of aryl methyl sites for hydroxylation is 1. The van der Waals surface area contributed by atoms with Crippen molar-refractivity contribution >= 4 is 11.8 Å². The smallest absolute Gasteiger partial charge is 0.242 e. The zero-order valence-electron chi connectivity index (χ0n) is 19.2. The van der Waals surface area contributed by atoms with Gasteiger partial charge >= 0.3 is 0 Å². The number of hydrogen-bond donors (Lipinski definition) is 1. The van der Waals surface area contributed by atoms with Crippen LogP contribution in [0.3, 0.4) is 0 Å². The predicted octanol–water partition coefficient (Wildman–Crippen LogP) is 4.10. The van der Waals surface area contributed by atoms with Crippen LogP contribution < -0.4 is 14.8 Å². The van der Waals surface area contributed by atoms with Gasteiger partial charge in [0.15, 0.2) is 0 Å². The summed E-state index contributed by atoms with van der Waals surface area (Å²) in [6.07, 6.45) is 0.870. The average molecular weight is 427 g/mol. The zero-order valence-corrected chi connectivity index (χ0v) is 19.2. The van der Waals surface area contributed by atoms with E-state index < -0.39 is 6.04 Å².